The third-order valence-corrected chi connectivity index (χ3v) is 5.52. The van der Waals surface area contributed by atoms with Gasteiger partial charge in [-0.2, -0.15) is 0 Å². The predicted molar refractivity (Wildman–Crippen MR) is 87.9 cm³/mol. The second-order valence-corrected chi connectivity index (χ2v) is 6.85. The van der Waals surface area contributed by atoms with Gasteiger partial charge in [0.1, 0.15) is 5.69 Å². The molecule has 1 amide bonds. The van der Waals surface area contributed by atoms with E-state index in [4.69, 9.17) is 5.11 Å². The Kier molecular flexibility index (Phi) is 3.23. The van der Waals surface area contributed by atoms with E-state index < -0.39 is 5.97 Å². The molecular weight excluding hydrogens is 308 g/mol. The molecule has 1 aromatic carbocycles. The molecule has 1 atom stereocenters. The van der Waals surface area contributed by atoms with Gasteiger partial charge in [0, 0.05) is 18.5 Å². The first-order valence-corrected chi connectivity index (χ1v) is 8.14. The van der Waals surface area contributed by atoms with E-state index in [1.807, 2.05) is 12.1 Å². The van der Waals surface area contributed by atoms with Crippen molar-refractivity contribution in [2.45, 2.75) is 19.3 Å². The number of amides is 1. The van der Waals surface area contributed by atoms with Gasteiger partial charge in [-0.25, -0.2) is 0 Å². The van der Waals surface area contributed by atoms with Gasteiger partial charge in [0.05, 0.1) is 5.92 Å². The number of hydrogen-bond donors (Lipinski definition) is 2. The van der Waals surface area contributed by atoms with Gasteiger partial charge in [-0.15, -0.1) is 0 Å². The Balaban J connectivity index is 1.53. The van der Waals surface area contributed by atoms with Crippen molar-refractivity contribution < 1.29 is 14.7 Å². The molecule has 6 heteroatoms. The smallest absolute Gasteiger partial charge is 0.307 e. The number of H-pyrrole nitrogens is 1. The summed E-state index contributed by atoms with van der Waals surface area (Å²) in [5.41, 5.74) is -0.0855. The van der Waals surface area contributed by atoms with Crippen molar-refractivity contribution >= 4 is 22.6 Å². The van der Waals surface area contributed by atoms with E-state index in [0.717, 1.165) is 11.8 Å². The van der Waals surface area contributed by atoms with Gasteiger partial charge < -0.3 is 15.0 Å². The number of likely N-dealkylation sites (tertiary alicyclic amines) is 1. The first-order valence-electron chi connectivity index (χ1n) is 8.14. The number of hydrogen-bond acceptors (Lipinski definition) is 3. The number of aliphatic carboxylic acids is 1. The molecule has 1 aliphatic carbocycles. The summed E-state index contributed by atoms with van der Waals surface area (Å²) in [5.74, 6) is -1.18. The zero-order valence-electron chi connectivity index (χ0n) is 13.1. The Morgan fingerprint density at radius 2 is 1.92 bits per heavy atom. The van der Waals surface area contributed by atoms with Crippen molar-refractivity contribution in [3.05, 3.63) is 46.4 Å². The minimum atomic E-state index is -0.728. The maximum absolute atomic E-state index is 12.7. The van der Waals surface area contributed by atoms with Crippen LogP contribution in [0.15, 0.2) is 35.1 Å². The molecule has 1 spiro atoms. The Morgan fingerprint density at radius 1 is 1.21 bits per heavy atom. The average Bonchev–Trinajstić information content (AvgIpc) is 3.29. The minimum absolute atomic E-state index is 0.112. The van der Waals surface area contributed by atoms with Crippen LogP contribution in [-0.2, 0) is 4.79 Å². The molecule has 0 bridgehead atoms. The number of aromatic nitrogens is 1. The summed E-state index contributed by atoms with van der Waals surface area (Å²) in [7, 11) is 0. The lowest BCUT2D eigenvalue weighted by Gasteiger charge is -2.32. The van der Waals surface area contributed by atoms with Crippen LogP contribution in [0, 0.1) is 11.3 Å². The number of carboxylic acid groups (broad SMARTS) is 1. The van der Waals surface area contributed by atoms with E-state index in [1.165, 1.54) is 0 Å². The summed E-state index contributed by atoms with van der Waals surface area (Å²) >= 11 is 0. The molecule has 2 aromatic rings. The molecule has 24 heavy (non-hydrogen) atoms. The van der Waals surface area contributed by atoms with Gasteiger partial charge in [0.2, 0.25) is 0 Å². The summed E-state index contributed by atoms with van der Waals surface area (Å²) in [6.45, 7) is 1.08. The molecule has 124 valence electrons. The quantitative estimate of drug-likeness (QED) is 0.881. The fraction of sp³-hybridized carbons (Fsp3) is 0.389. The van der Waals surface area contributed by atoms with Crippen molar-refractivity contribution in [3.63, 3.8) is 0 Å². The lowest BCUT2D eigenvalue weighted by atomic mass is 9.90. The SMILES string of the molecule is O=C(O)C1CC12CCN(C(=O)c1cc3ccccc3c(=O)[nH]1)CC2. The molecule has 1 aliphatic heterocycles. The lowest BCUT2D eigenvalue weighted by Crippen LogP contribution is -2.40. The molecule has 2 N–H and O–H groups in total. The van der Waals surface area contributed by atoms with Crippen molar-refractivity contribution in [1.82, 2.24) is 9.88 Å². The van der Waals surface area contributed by atoms with E-state index in [2.05, 4.69) is 4.98 Å². The maximum atomic E-state index is 12.7. The molecule has 6 nitrogen and oxygen atoms in total. The number of pyridine rings is 1. The third-order valence-electron chi connectivity index (χ3n) is 5.52. The summed E-state index contributed by atoms with van der Waals surface area (Å²) in [5, 5.41) is 10.4. The van der Waals surface area contributed by atoms with Crippen LogP contribution in [0.3, 0.4) is 0 Å². The first-order chi connectivity index (χ1) is 11.5. The van der Waals surface area contributed by atoms with E-state index in [9.17, 15) is 14.4 Å². The second-order valence-electron chi connectivity index (χ2n) is 6.85. The average molecular weight is 326 g/mol. The van der Waals surface area contributed by atoms with Crippen LogP contribution >= 0.6 is 0 Å². The number of nitrogens with one attached hydrogen (secondary N) is 1. The summed E-state index contributed by atoms with van der Waals surface area (Å²) < 4.78 is 0. The van der Waals surface area contributed by atoms with Crippen LogP contribution in [0.4, 0.5) is 0 Å². The van der Waals surface area contributed by atoms with Gasteiger partial charge in [-0.1, -0.05) is 18.2 Å². The number of carbonyl (C=O) groups excluding carboxylic acids is 1. The van der Waals surface area contributed by atoms with Crippen LogP contribution in [0.5, 0.6) is 0 Å². The summed E-state index contributed by atoms with van der Waals surface area (Å²) in [6.07, 6.45) is 2.15. The third kappa shape index (κ3) is 2.29. The number of nitrogens with zero attached hydrogens (tertiary/aromatic N) is 1. The standard InChI is InChI=1S/C18H18N2O4/c21-15-12-4-2-1-3-11(12)9-14(19-15)16(22)20-7-5-18(6-8-20)10-13(18)17(23)24/h1-4,9,13H,5-8,10H2,(H,19,21)(H,23,24). The Hall–Kier alpha value is -2.63. The van der Waals surface area contributed by atoms with E-state index in [1.54, 1.807) is 23.1 Å². The predicted octanol–water partition coefficient (Wildman–Crippen LogP) is 1.85. The number of carbonyl (C=O) groups is 2. The number of aromatic amines is 1. The number of piperidine rings is 1. The summed E-state index contributed by atoms with van der Waals surface area (Å²) in [4.78, 5) is 40.3. The Labute approximate surface area is 138 Å². The highest BCUT2D eigenvalue weighted by Crippen LogP contribution is 2.59. The van der Waals surface area contributed by atoms with Crippen molar-refractivity contribution in [1.29, 1.82) is 0 Å². The van der Waals surface area contributed by atoms with Crippen LogP contribution in [-0.4, -0.2) is 40.0 Å². The highest BCUT2D eigenvalue weighted by molar-refractivity contribution is 5.96. The van der Waals surface area contributed by atoms with E-state index >= 15 is 0 Å². The molecule has 1 saturated heterocycles. The highest BCUT2D eigenvalue weighted by atomic mass is 16.4. The van der Waals surface area contributed by atoms with Gasteiger partial charge in [-0.05, 0) is 42.2 Å². The molecule has 2 heterocycles. The maximum Gasteiger partial charge on any atom is 0.307 e. The van der Waals surface area contributed by atoms with Crippen molar-refractivity contribution in [2.75, 3.05) is 13.1 Å². The normalized spacial score (nSPS) is 21.8. The zero-order valence-corrected chi connectivity index (χ0v) is 13.1. The molecule has 1 saturated carbocycles. The van der Waals surface area contributed by atoms with E-state index in [-0.39, 0.29) is 22.8 Å². The number of rotatable bonds is 2. The fourth-order valence-electron chi connectivity index (χ4n) is 3.90. The fourth-order valence-corrected chi connectivity index (χ4v) is 3.90. The van der Waals surface area contributed by atoms with Gasteiger partial charge in [0.25, 0.3) is 11.5 Å². The van der Waals surface area contributed by atoms with Crippen molar-refractivity contribution in [3.8, 4) is 0 Å². The minimum Gasteiger partial charge on any atom is -0.481 e. The Bertz CT molecular complexity index is 893. The summed E-state index contributed by atoms with van der Waals surface area (Å²) in [6, 6.07) is 8.87. The largest absolute Gasteiger partial charge is 0.481 e. The highest BCUT2D eigenvalue weighted by Gasteiger charge is 2.59. The molecule has 2 aliphatic rings. The monoisotopic (exact) mass is 326 g/mol. The van der Waals surface area contributed by atoms with Gasteiger partial charge in [0.15, 0.2) is 0 Å². The van der Waals surface area contributed by atoms with Gasteiger partial charge in [-0.3, -0.25) is 14.4 Å². The topological polar surface area (TPSA) is 90.5 Å². The van der Waals surface area contributed by atoms with Crippen LogP contribution in [0.25, 0.3) is 10.8 Å². The lowest BCUT2D eigenvalue weighted by molar-refractivity contribution is -0.139. The molecule has 2 fully saturated rings. The van der Waals surface area contributed by atoms with E-state index in [0.29, 0.717) is 37.0 Å². The second kappa shape index (κ2) is 5.19. The number of fused-ring (bicyclic) bond motifs is 1. The van der Waals surface area contributed by atoms with Gasteiger partial charge >= 0.3 is 5.97 Å². The molecule has 1 aromatic heterocycles. The van der Waals surface area contributed by atoms with Crippen LogP contribution in [0.1, 0.15) is 29.8 Å². The number of carboxylic acids is 1. The van der Waals surface area contributed by atoms with Crippen LogP contribution in [0.2, 0.25) is 0 Å². The molecule has 1 unspecified atom stereocenters. The first kappa shape index (κ1) is 14.9. The number of benzene rings is 1. The molecular formula is C18H18N2O4. The Morgan fingerprint density at radius 3 is 2.58 bits per heavy atom. The van der Waals surface area contributed by atoms with Crippen LogP contribution < -0.4 is 5.56 Å². The van der Waals surface area contributed by atoms with Crippen molar-refractivity contribution in [2.24, 2.45) is 11.3 Å². The zero-order chi connectivity index (χ0) is 16.9. The molecule has 4 rings (SSSR count). The molecule has 0 radical (unpaired) electrons.